The molecule has 1 aromatic rings. The van der Waals surface area contributed by atoms with Gasteiger partial charge in [-0.05, 0) is 24.8 Å². The molecule has 1 aliphatic carbocycles. The number of amides is 1. The maximum Gasteiger partial charge on any atom is 0.262 e. The molecule has 18 heavy (non-hydrogen) atoms. The number of benzene rings is 1. The number of hydrogen-bond acceptors (Lipinski definition) is 3. The number of rotatable bonds is 3. The summed E-state index contributed by atoms with van der Waals surface area (Å²) >= 11 is 6.18. The molecule has 1 fully saturated rings. The van der Waals surface area contributed by atoms with Crippen LogP contribution in [-0.2, 0) is 4.79 Å². The number of nitrogens with one attached hydrogen (secondary N) is 2. The Morgan fingerprint density at radius 3 is 3.00 bits per heavy atom. The first kappa shape index (κ1) is 11.7. The van der Waals surface area contributed by atoms with E-state index >= 15 is 0 Å². The van der Waals surface area contributed by atoms with Crippen molar-refractivity contribution in [3.8, 4) is 5.75 Å². The van der Waals surface area contributed by atoms with Gasteiger partial charge in [0.05, 0.1) is 16.4 Å². The minimum absolute atomic E-state index is 0.0662. The third-order valence-corrected chi connectivity index (χ3v) is 3.82. The molecule has 2 aliphatic rings. The molecule has 0 saturated heterocycles. The maximum atomic E-state index is 11.2. The molecule has 2 N–H and O–H groups in total. The highest BCUT2D eigenvalue weighted by atomic mass is 35.5. The third-order valence-electron chi connectivity index (χ3n) is 3.51. The Morgan fingerprint density at radius 1 is 1.44 bits per heavy atom. The predicted octanol–water partition coefficient (Wildman–Crippen LogP) is 2.88. The Labute approximate surface area is 111 Å². The number of carbonyl (C=O) groups excluding carboxylic acids is 1. The minimum Gasteiger partial charge on any atom is -0.482 e. The molecule has 0 bridgehead atoms. The summed E-state index contributed by atoms with van der Waals surface area (Å²) in [5.74, 6) is 1.29. The highest BCUT2D eigenvalue weighted by molar-refractivity contribution is 6.33. The van der Waals surface area contributed by atoms with Crippen LogP contribution in [0.4, 0.5) is 11.4 Å². The summed E-state index contributed by atoms with van der Waals surface area (Å²) < 4.78 is 5.37. The molecular weight excluding hydrogens is 252 g/mol. The third kappa shape index (κ3) is 2.25. The second-order valence-corrected chi connectivity index (χ2v) is 5.25. The first-order chi connectivity index (χ1) is 8.72. The van der Waals surface area contributed by atoms with Crippen LogP contribution in [0.15, 0.2) is 12.1 Å². The zero-order valence-corrected chi connectivity index (χ0v) is 10.7. The van der Waals surface area contributed by atoms with Crippen LogP contribution in [0.1, 0.15) is 19.3 Å². The molecule has 0 spiro atoms. The summed E-state index contributed by atoms with van der Waals surface area (Å²) in [6.45, 7) is 1.02. The van der Waals surface area contributed by atoms with E-state index in [4.69, 9.17) is 16.3 Å². The van der Waals surface area contributed by atoms with Crippen molar-refractivity contribution < 1.29 is 9.53 Å². The van der Waals surface area contributed by atoms with Gasteiger partial charge in [0.15, 0.2) is 6.61 Å². The molecule has 1 aromatic carbocycles. The van der Waals surface area contributed by atoms with Crippen LogP contribution < -0.4 is 15.4 Å². The van der Waals surface area contributed by atoms with Gasteiger partial charge in [0.1, 0.15) is 5.75 Å². The van der Waals surface area contributed by atoms with E-state index in [-0.39, 0.29) is 12.5 Å². The molecule has 96 valence electrons. The van der Waals surface area contributed by atoms with Crippen molar-refractivity contribution in [3.05, 3.63) is 17.2 Å². The average molecular weight is 267 g/mol. The van der Waals surface area contributed by atoms with E-state index in [0.29, 0.717) is 16.5 Å². The van der Waals surface area contributed by atoms with Gasteiger partial charge in [-0.2, -0.15) is 0 Å². The van der Waals surface area contributed by atoms with E-state index < -0.39 is 0 Å². The highest BCUT2D eigenvalue weighted by Gasteiger charge is 2.20. The Balaban J connectivity index is 1.75. The minimum atomic E-state index is -0.145. The Hall–Kier alpha value is -1.42. The summed E-state index contributed by atoms with van der Waals surface area (Å²) in [5.41, 5.74) is 1.52. The van der Waals surface area contributed by atoms with Crippen molar-refractivity contribution in [1.29, 1.82) is 0 Å². The van der Waals surface area contributed by atoms with Gasteiger partial charge in [-0.15, -0.1) is 0 Å². The lowest BCUT2D eigenvalue weighted by Crippen LogP contribution is -2.25. The van der Waals surface area contributed by atoms with Crippen molar-refractivity contribution >= 4 is 28.9 Å². The maximum absolute atomic E-state index is 11.2. The number of carbonyl (C=O) groups is 1. The van der Waals surface area contributed by atoms with Crippen molar-refractivity contribution in [2.75, 3.05) is 23.8 Å². The smallest absolute Gasteiger partial charge is 0.262 e. The summed E-state index contributed by atoms with van der Waals surface area (Å²) in [6.07, 6.45) is 3.92. The lowest BCUT2D eigenvalue weighted by atomic mass is 9.85. The topological polar surface area (TPSA) is 50.4 Å². The summed E-state index contributed by atoms with van der Waals surface area (Å²) in [4.78, 5) is 11.2. The molecule has 4 nitrogen and oxygen atoms in total. The van der Waals surface area contributed by atoms with E-state index in [1.54, 1.807) is 6.07 Å². The van der Waals surface area contributed by atoms with Crippen LogP contribution in [-0.4, -0.2) is 19.1 Å². The Bertz CT molecular complexity index is 486. The summed E-state index contributed by atoms with van der Waals surface area (Å²) in [7, 11) is 0. The number of anilines is 2. The lowest BCUT2D eigenvalue weighted by Gasteiger charge is -2.26. The first-order valence-electron chi connectivity index (χ1n) is 6.22. The second-order valence-electron chi connectivity index (χ2n) is 4.84. The van der Waals surface area contributed by atoms with Crippen molar-refractivity contribution in [2.24, 2.45) is 5.92 Å². The van der Waals surface area contributed by atoms with E-state index in [1.807, 2.05) is 6.07 Å². The van der Waals surface area contributed by atoms with Gasteiger partial charge in [-0.25, -0.2) is 0 Å². The van der Waals surface area contributed by atoms with Crippen molar-refractivity contribution in [2.45, 2.75) is 19.3 Å². The quantitative estimate of drug-likeness (QED) is 0.884. The molecule has 3 rings (SSSR count). The second kappa shape index (κ2) is 4.69. The van der Waals surface area contributed by atoms with Gasteiger partial charge in [0.25, 0.3) is 5.91 Å². The molecule has 1 amide bonds. The Morgan fingerprint density at radius 2 is 2.28 bits per heavy atom. The summed E-state index contributed by atoms with van der Waals surface area (Å²) in [5, 5.41) is 6.70. The van der Waals surface area contributed by atoms with Crippen LogP contribution in [0.25, 0.3) is 0 Å². The normalized spacial score (nSPS) is 18.4. The van der Waals surface area contributed by atoms with Gasteiger partial charge in [-0.3, -0.25) is 4.79 Å². The zero-order chi connectivity index (χ0) is 12.5. The van der Waals surface area contributed by atoms with Crippen LogP contribution in [0.3, 0.4) is 0 Å². The van der Waals surface area contributed by atoms with Crippen LogP contribution in [0.5, 0.6) is 5.75 Å². The molecule has 1 heterocycles. The molecule has 0 aromatic heterocycles. The highest BCUT2D eigenvalue weighted by Crippen LogP contribution is 2.37. The first-order valence-corrected chi connectivity index (χ1v) is 6.60. The van der Waals surface area contributed by atoms with E-state index in [9.17, 15) is 4.79 Å². The molecule has 0 atom stereocenters. The van der Waals surface area contributed by atoms with Gasteiger partial charge >= 0.3 is 0 Å². The number of ether oxygens (including phenoxy) is 1. The molecule has 1 aliphatic heterocycles. The zero-order valence-electron chi connectivity index (χ0n) is 9.96. The van der Waals surface area contributed by atoms with E-state index in [1.165, 1.54) is 19.3 Å². The van der Waals surface area contributed by atoms with E-state index in [2.05, 4.69) is 10.6 Å². The summed E-state index contributed by atoms with van der Waals surface area (Å²) in [6, 6.07) is 3.59. The number of halogens is 1. The van der Waals surface area contributed by atoms with Gasteiger partial charge in [-0.1, -0.05) is 18.0 Å². The van der Waals surface area contributed by atoms with Crippen molar-refractivity contribution in [1.82, 2.24) is 0 Å². The van der Waals surface area contributed by atoms with Crippen LogP contribution >= 0.6 is 11.6 Å². The van der Waals surface area contributed by atoms with Gasteiger partial charge < -0.3 is 15.4 Å². The fourth-order valence-corrected chi connectivity index (χ4v) is 2.42. The predicted molar refractivity (Wildman–Crippen MR) is 71.4 cm³/mol. The molecular formula is C13H15ClN2O2. The fraction of sp³-hybridized carbons (Fsp3) is 0.462. The molecule has 0 radical (unpaired) electrons. The number of hydrogen-bond donors (Lipinski definition) is 2. The van der Waals surface area contributed by atoms with E-state index in [0.717, 1.165) is 18.2 Å². The van der Waals surface area contributed by atoms with Crippen molar-refractivity contribution in [3.63, 3.8) is 0 Å². The van der Waals surface area contributed by atoms with Crippen LogP contribution in [0, 0.1) is 5.92 Å². The Kier molecular flexibility index (Phi) is 3.04. The average Bonchev–Trinajstić information content (AvgIpc) is 2.28. The molecule has 5 heteroatoms. The van der Waals surface area contributed by atoms with Crippen LogP contribution in [0.2, 0.25) is 5.02 Å². The van der Waals surface area contributed by atoms with Gasteiger partial charge in [0.2, 0.25) is 0 Å². The SMILES string of the molecule is O=C1COc2cc(NCC3CCC3)c(Cl)cc2N1. The molecule has 0 unspecified atom stereocenters. The largest absolute Gasteiger partial charge is 0.482 e. The van der Waals surface area contributed by atoms with Gasteiger partial charge in [0, 0.05) is 12.6 Å². The lowest BCUT2D eigenvalue weighted by molar-refractivity contribution is -0.118. The number of fused-ring (bicyclic) bond motifs is 1. The monoisotopic (exact) mass is 266 g/mol. The fourth-order valence-electron chi connectivity index (χ4n) is 2.19. The molecule has 1 saturated carbocycles. The standard InChI is InChI=1S/C13H15ClN2O2/c14-9-4-11-12(18-7-13(17)16-11)5-10(9)15-6-8-2-1-3-8/h4-5,8,15H,1-3,6-7H2,(H,16,17).